The molecule has 0 unspecified atom stereocenters. The second kappa shape index (κ2) is 5.71. The minimum Gasteiger partial charge on any atom is -0.394 e. The molecule has 2 aromatic rings. The van der Waals surface area contributed by atoms with Gasteiger partial charge in [-0.25, -0.2) is 35.1 Å². The topological polar surface area (TPSA) is 26.0 Å². The molecule has 9 heteroatoms. The predicted octanol–water partition coefficient (Wildman–Crippen LogP) is 4.61. The van der Waals surface area contributed by atoms with Gasteiger partial charge in [0, 0.05) is 5.56 Å². The molecule has 2 N–H and O–H groups in total. The molecule has 0 spiro atoms. The first-order valence-corrected chi connectivity index (χ1v) is 6.11. The number of rotatable bonds is 2. The van der Waals surface area contributed by atoms with Gasteiger partial charge in [0.15, 0.2) is 46.5 Å². The molecule has 0 aliphatic carbocycles. The van der Waals surface area contributed by atoms with E-state index >= 15 is 0 Å². The summed E-state index contributed by atoms with van der Waals surface area (Å²) in [6.45, 7) is 1.17. The fraction of sp³-hybridized carbons (Fsp3) is 0.143. The summed E-state index contributed by atoms with van der Waals surface area (Å²) < 4.78 is 109. The van der Waals surface area contributed by atoms with Crippen LogP contribution in [0.1, 0.15) is 12.5 Å². The quantitative estimate of drug-likeness (QED) is 0.482. The van der Waals surface area contributed by atoms with Crippen LogP contribution in [0, 0.1) is 46.5 Å². The maximum absolute atomic E-state index is 13.9. The third-order valence-electron chi connectivity index (χ3n) is 3.26. The first-order valence-electron chi connectivity index (χ1n) is 6.11. The number of halogens is 8. The van der Waals surface area contributed by atoms with Crippen molar-refractivity contribution < 1.29 is 35.1 Å². The Hall–Kier alpha value is -2.32. The third-order valence-corrected chi connectivity index (χ3v) is 3.26. The van der Waals surface area contributed by atoms with Crippen molar-refractivity contribution in [2.45, 2.75) is 13.3 Å². The van der Waals surface area contributed by atoms with Gasteiger partial charge in [-0.1, -0.05) is 6.92 Å². The molecule has 0 atom stereocenters. The van der Waals surface area contributed by atoms with E-state index in [1.165, 1.54) is 6.92 Å². The summed E-state index contributed by atoms with van der Waals surface area (Å²) in [6, 6.07) is 0. The van der Waals surface area contributed by atoms with Crippen LogP contribution in [0.2, 0.25) is 0 Å². The smallest absolute Gasteiger partial charge is 0.185 e. The molecule has 0 fully saturated rings. The summed E-state index contributed by atoms with van der Waals surface area (Å²) in [5.74, 6) is -17.0. The zero-order valence-corrected chi connectivity index (χ0v) is 11.3. The van der Waals surface area contributed by atoms with E-state index in [4.69, 9.17) is 5.73 Å². The highest BCUT2D eigenvalue weighted by Gasteiger charge is 2.33. The van der Waals surface area contributed by atoms with Crippen LogP contribution < -0.4 is 5.73 Å². The number of hydrogen-bond acceptors (Lipinski definition) is 1. The van der Waals surface area contributed by atoms with E-state index in [0.717, 1.165) is 0 Å². The Morgan fingerprint density at radius 2 is 0.870 bits per heavy atom. The Morgan fingerprint density at radius 3 is 1.17 bits per heavy atom. The fourth-order valence-corrected chi connectivity index (χ4v) is 2.08. The minimum atomic E-state index is -2.28. The number of nitrogens with two attached hydrogens (primary N) is 1. The fourth-order valence-electron chi connectivity index (χ4n) is 2.08. The molecule has 2 aromatic carbocycles. The van der Waals surface area contributed by atoms with E-state index in [0.29, 0.717) is 0 Å². The molecule has 0 saturated carbocycles. The average molecular weight is 341 g/mol. The molecule has 0 heterocycles. The predicted molar refractivity (Wildman–Crippen MR) is 65.3 cm³/mol. The van der Waals surface area contributed by atoms with E-state index < -0.39 is 75.3 Å². The lowest BCUT2D eigenvalue weighted by atomic mass is 9.98. The highest BCUT2D eigenvalue weighted by Crippen LogP contribution is 2.38. The third kappa shape index (κ3) is 2.30. The summed E-state index contributed by atoms with van der Waals surface area (Å²) in [7, 11) is 0. The van der Waals surface area contributed by atoms with Crippen LogP contribution in [0.4, 0.5) is 40.8 Å². The van der Waals surface area contributed by atoms with Crippen LogP contribution in [0.5, 0.6) is 0 Å². The Balaban J connectivity index is 3.01. The van der Waals surface area contributed by atoms with Crippen molar-refractivity contribution in [2.24, 2.45) is 0 Å². The molecule has 2 rings (SSSR count). The van der Waals surface area contributed by atoms with E-state index in [-0.39, 0.29) is 0 Å². The summed E-state index contributed by atoms with van der Waals surface area (Å²) in [4.78, 5) is 0. The summed E-state index contributed by atoms with van der Waals surface area (Å²) in [5.41, 5.74) is -1.66. The van der Waals surface area contributed by atoms with Crippen molar-refractivity contribution in [1.29, 1.82) is 0 Å². The molecular formula is C14H7F8N. The molecule has 0 aromatic heterocycles. The zero-order valence-electron chi connectivity index (χ0n) is 11.3. The van der Waals surface area contributed by atoms with Crippen molar-refractivity contribution in [3.63, 3.8) is 0 Å². The van der Waals surface area contributed by atoms with Crippen LogP contribution >= 0.6 is 0 Å². The molecule has 0 bridgehead atoms. The lowest BCUT2D eigenvalue weighted by Crippen LogP contribution is -2.11. The van der Waals surface area contributed by atoms with Gasteiger partial charge in [0.25, 0.3) is 0 Å². The maximum Gasteiger partial charge on any atom is 0.185 e. The van der Waals surface area contributed by atoms with E-state index in [1.54, 1.807) is 0 Å². The molecule has 124 valence electrons. The molecule has 1 nitrogen and oxygen atoms in total. The van der Waals surface area contributed by atoms with Gasteiger partial charge >= 0.3 is 0 Å². The Labute approximate surface area is 124 Å². The number of hydrogen-bond donors (Lipinski definition) is 1. The molecular weight excluding hydrogens is 334 g/mol. The van der Waals surface area contributed by atoms with Gasteiger partial charge in [0.2, 0.25) is 0 Å². The SMILES string of the molecule is CCc1c(F)c(F)c(-c2c(F)c(F)c(N)c(F)c2F)c(F)c1F. The van der Waals surface area contributed by atoms with Crippen molar-refractivity contribution in [1.82, 2.24) is 0 Å². The normalized spacial score (nSPS) is 11.2. The van der Waals surface area contributed by atoms with Gasteiger partial charge in [-0.2, -0.15) is 0 Å². The van der Waals surface area contributed by atoms with Crippen molar-refractivity contribution in [2.75, 3.05) is 5.73 Å². The summed E-state index contributed by atoms with van der Waals surface area (Å²) in [5, 5.41) is 0. The molecule has 0 aliphatic rings. The van der Waals surface area contributed by atoms with Gasteiger partial charge in [0.1, 0.15) is 5.69 Å². The molecule has 0 aliphatic heterocycles. The zero-order chi connectivity index (χ0) is 17.6. The number of nitrogen functional groups attached to an aromatic ring is 1. The molecule has 23 heavy (non-hydrogen) atoms. The van der Waals surface area contributed by atoms with E-state index in [9.17, 15) is 35.1 Å². The molecule has 0 radical (unpaired) electrons. The summed E-state index contributed by atoms with van der Waals surface area (Å²) >= 11 is 0. The largest absolute Gasteiger partial charge is 0.394 e. The Kier molecular flexibility index (Phi) is 4.23. The summed E-state index contributed by atoms with van der Waals surface area (Å²) in [6.07, 6.45) is -0.471. The van der Waals surface area contributed by atoms with Crippen LogP contribution in [0.15, 0.2) is 0 Å². The van der Waals surface area contributed by atoms with E-state index in [2.05, 4.69) is 0 Å². The minimum absolute atomic E-state index is 0.471. The van der Waals surface area contributed by atoms with Gasteiger partial charge < -0.3 is 5.73 Å². The first-order chi connectivity index (χ1) is 10.6. The second-order valence-electron chi connectivity index (χ2n) is 4.51. The molecule has 0 amide bonds. The Morgan fingerprint density at radius 1 is 0.565 bits per heavy atom. The standard InChI is InChI=1S/C14H7F8N/c1-2-3-6(15)8(17)4(9(18)7(3)16)5-10(19)12(21)14(23)13(22)11(5)20/h2,23H2,1H3. The first kappa shape index (κ1) is 17.0. The highest BCUT2D eigenvalue weighted by molar-refractivity contribution is 5.70. The Bertz CT molecular complexity index is 757. The van der Waals surface area contributed by atoms with Crippen molar-refractivity contribution in [3.8, 4) is 11.1 Å². The van der Waals surface area contributed by atoms with Crippen LogP contribution in [-0.4, -0.2) is 0 Å². The van der Waals surface area contributed by atoms with Crippen molar-refractivity contribution >= 4 is 5.69 Å². The lowest BCUT2D eigenvalue weighted by Gasteiger charge is -2.14. The second-order valence-corrected chi connectivity index (χ2v) is 4.51. The number of anilines is 1. The highest BCUT2D eigenvalue weighted by atomic mass is 19.2. The maximum atomic E-state index is 13.9. The van der Waals surface area contributed by atoms with Gasteiger partial charge in [0.05, 0.1) is 11.1 Å². The van der Waals surface area contributed by atoms with Crippen LogP contribution in [0.3, 0.4) is 0 Å². The van der Waals surface area contributed by atoms with Gasteiger partial charge in [-0.3, -0.25) is 0 Å². The monoisotopic (exact) mass is 341 g/mol. The van der Waals surface area contributed by atoms with Gasteiger partial charge in [-0.05, 0) is 6.42 Å². The van der Waals surface area contributed by atoms with Crippen LogP contribution in [0.25, 0.3) is 11.1 Å². The average Bonchev–Trinajstić information content (AvgIpc) is 2.53. The van der Waals surface area contributed by atoms with Crippen LogP contribution in [-0.2, 0) is 6.42 Å². The van der Waals surface area contributed by atoms with E-state index in [1.807, 2.05) is 0 Å². The van der Waals surface area contributed by atoms with Gasteiger partial charge in [-0.15, -0.1) is 0 Å². The molecule has 0 saturated heterocycles. The lowest BCUT2D eigenvalue weighted by molar-refractivity contribution is 0.435. The van der Waals surface area contributed by atoms with Crippen molar-refractivity contribution in [3.05, 3.63) is 52.1 Å². The number of benzene rings is 2.